The van der Waals surface area contributed by atoms with Crippen molar-refractivity contribution in [2.75, 3.05) is 7.05 Å². The first kappa shape index (κ1) is 22.6. The number of H-pyrrole nitrogens is 1. The molecular weight excluding hydrogens is 468 g/mol. The Balaban J connectivity index is 1.83. The van der Waals surface area contributed by atoms with Crippen LogP contribution in [0.25, 0.3) is 33.3 Å². The largest absolute Gasteiger partial charge is 0.435 e. The maximum absolute atomic E-state index is 15.0. The quantitative estimate of drug-likeness (QED) is 0.382. The van der Waals surface area contributed by atoms with Gasteiger partial charge in [-0.15, -0.1) is 0 Å². The van der Waals surface area contributed by atoms with Gasteiger partial charge < -0.3 is 9.88 Å². The molecule has 35 heavy (non-hydrogen) atoms. The van der Waals surface area contributed by atoms with E-state index in [1.54, 1.807) is 14.1 Å². The Kier molecular flexibility index (Phi) is 5.12. The Morgan fingerprint density at radius 2 is 1.97 bits per heavy atom. The van der Waals surface area contributed by atoms with Gasteiger partial charge in [-0.3, -0.25) is 14.2 Å². The molecule has 1 amide bonds. The lowest BCUT2D eigenvalue weighted by atomic mass is 10.0. The fourth-order valence-electron chi connectivity index (χ4n) is 4.39. The molecule has 0 radical (unpaired) electrons. The second kappa shape index (κ2) is 7.93. The van der Waals surface area contributed by atoms with Gasteiger partial charge in [0, 0.05) is 67.1 Å². The van der Waals surface area contributed by atoms with Gasteiger partial charge in [0.1, 0.15) is 17.4 Å². The van der Waals surface area contributed by atoms with E-state index in [1.165, 1.54) is 21.8 Å². The molecule has 1 aliphatic rings. The van der Waals surface area contributed by atoms with Crippen molar-refractivity contribution in [3.05, 3.63) is 41.5 Å². The monoisotopic (exact) mass is 486 g/mol. The lowest BCUT2D eigenvalue weighted by molar-refractivity contribution is -0.141. The zero-order valence-corrected chi connectivity index (χ0v) is 18.6. The minimum absolute atomic E-state index is 0.0313. The van der Waals surface area contributed by atoms with Crippen molar-refractivity contribution >= 4 is 16.9 Å². The van der Waals surface area contributed by atoms with Gasteiger partial charge in [0.15, 0.2) is 5.69 Å². The number of nitriles is 1. The molecule has 0 saturated carbocycles. The van der Waals surface area contributed by atoms with Gasteiger partial charge in [0.2, 0.25) is 11.9 Å². The molecule has 4 aromatic rings. The highest BCUT2D eigenvalue weighted by molar-refractivity contribution is 5.97. The number of amides is 1. The third-order valence-electron chi connectivity index (χ3n) is 6.01. The standard InChI is InChI=1S/C22H18F4N8O/c1-32-10-14-17(15(7-27)33(2)30-14)11-6-12-18(20(23)29-21(12)28-8-11)13-9-34(5-3-4-16(32)35)31-19(13)22(24,25)26/h6,8-9H,3-5,10H2,1-2H3,(H,28,29). The molecule has 0 unspecified atom stereocenters. The molecule has 4 aromatic heterocycles. The number of aromatic nitrogens is 6. The first-order chi connectivity index (χ1) is 16.6. The van der Waals surface area contributed by atoms with E-state index in [-0.39, 0.29) is 54.1 Å². The summed E-state index contributed by atoms with van der Waals surface area (Å²) < 4.78 is 59.1. The van der Waals surface area contributed by atoms with E-state index in [2.05, 4.69) is 26.2 Å². The number of nitrogens with one attached hydrogen (secondary N) is 1. The highest BCUT2D eigenvalue weighted by Crippen LogP contribution is 2.41. The van der Waals surface area contributed by atoms with E-state index in [0.29, 0.717) is 16.8 Å². The van der Waals surface area contributed by atoms with E-state index < -0.39 is 23.4 Å². The third kappa shape index (κ3) is 3.71. The summed E-state index contributed by atoms with van der Waals surface area (Å²) in [6.45, 7) is 0.128. The predicted molar refractivity (Wildman–Crippen MR) is 115 cm³/mol. The minimum Gasteiger partial charge on any atom is -0.340 e. The molecule has 0 atom stereocenters. The number of alkyl halides is 3. The fourth-order valence-corrected chi connectivity index (χ4v) is 4.39. The van der Waals surface area contributed by atoms with Crippen LogP contribution in [-0.4, -0.2) is 47.4 Å². The molecule has 0 aliphatic carbocycles. The lowest BCUT2D eigenvalue weighted by Gasteiger charge is -2.17. The van der Waals surface area contributed by atoms with Gasteiger partial charge in [0.25, 0.3) is 0 Å². The average molecular weight is 486 g/mol. The fraction of sp³-hybridized carbons (Fsp3) is 0.318. The van der Waals surface area contributed by atoms with E-state index in [0.717, 1.165) is 10.9 Å². The number of fused-ring (bicyclic) bond motifs is 6. The summed E-state index contributed by atoms with van der Waals surface area (Å²) in [4.78, 5) is 20.7. The van der Waals surface area contributed by atoms with Gasteiger partial charge in [0.05, 0.1) is 12.2 Å². The second-order valence-electron chi connectivity index (χ2n) is 8.35. The smallest absolute Gasteiger partial charge is 0.340 e. The molecule has 13 heteroatoms. The number of pyridine rings is 1. The average Bonchev–Trinajstić information content (AvgIpc) is 3.44. The molecule has 1 aliphatic heterocycles. The van der Waals surface area contributed by atoms with Crippen LogP contribution in [0.2, 0.25) is 0 Å². The molecule has 0 aromatic carbocycles. The zero-order valence-electron chi connectivity index (χ0n) is 18.6. The summed E-state index contributed by atoms with van der Waals surface area (Å²) in [7, 11) is 3.16. The normalized spacial score (nSPS) is 14.7. The zero-order chi connectivity index (χ0) is 25.1. The van der Waals surface area contributed by atoms with Crippen LogP contribution in [0, 0.1) is 17.3 Å². The molecule has 9 nitrogen and oxygen atoms in total. The van der Waals surface area contributed by atoms with Crippen molar-refractivity contribution in [2.24, 2.45) is 7.05 Å². The highest BCUT2D eigenvalue weighted by Gasteiger charge is 2.39. The number of hydrogen-bond acceptors (Lipinski definition) is 5. The number of carbonyl (C=O) groups is 1. The van der Waals surface area contributed by atoms with Crippen LogP contribution in [0.3, 0.4) is 0 Å². The molecule has 1 N–H and O–H groups in total. The van der Waals surface area contributed by atoms with Gasteiger partial charge in [-0.25, -0.2) is 4.98 Å². The molecule has 0 fully saturated rings. The molecule has 5 rings (SSSR count). The van der Waals surface area contributed by atoms with Crippen molar-refractivity contribution in [1.29, 1.82) is 5.26 Å². The topological polar surface area (TPSA) is 108 Å². The molecule has 180 valence electrons. The Labute approximate surface area is 195 Å². The van der Waals surface area contributed by atoms with Crippen LogP contribution in [0.4, 0.5) is 17.6 Å². The number of hydrogen-bond donors (Lipinski definition) is 1. The summed E-state index contributed by atoms with van der Waals surface area (Å²) >= 11 is 0. The first-order valence-corrected chi connectivity index (χ1v) is 10.6. The number of carbonyl (C=O) groups excluding carboxylic acids is 1. The van der Waals surface area contributed by atoms with Gasteiger partial charge in [-0.1, -0.05) is 0 Å². The summed E-state index contributed by atoms with van der Waals surface area (Å²) in [5.41, 5.74) is -0.637. The van der Waals surface area contributed by atoms with Crippen molar-refractivity contribution in [2.45, 2.75) is 32.1 Å². The Morgan fingerprint density at radius 3 is 2.69 bits per heavy atom. The predicted octanol–water partition coefficient (Wildman–Crippen LogP) is 3.61. The second-order valence-corrected chi connectivity index (χ2v) is 8.35. The van der Waals surface area contributed by atoms with E-state index in [1.807, 2.05) is 0 Å². The molecule has 5 heterocycles. The maximum atomic E-state index is 15.0. The Hall–Kier alpha value is -4.21. The summed E-state index contributed by atoms with van der Waals surface area (Å²) in [6, 6.07) is 3.54. The number of nitrogens with zero attached hydrogens (tertiary/aromatic N) is 7. The van der Waals surface area contributed by atoms with Crippen LogP contribution in [0.5, 0.6) is 0 Å². The Morgan fingerprint density at radius 1 is 1.20 bits per heavy atom. The van der Waals surface area contributed by atoms with E-state index in [4.69, 9.17) is 0 Å². The van der Waals surface area contributed by atoms with Crippen LogP contribution >= 0.6 is 0 Å². The first-order valence-electron chi connectivity index (χ1n) is 10.6. The Bertz CT molecular complexity index is 1520. The van der Waals surface area contributed by atoms with Gasteiger partial charge >= 0.3 is 6.18 Å². The van der Waals surface area contributed by atoms with Crippen molar-refractivity contribution in [1.82, 2.24) is 34.4 Å². The molecular formula is C22H18F4N8O. The summed E-state index contributed by atoms with van der Waals surface area (Å²) in [5, 5.41) is 17.9. The van der Waals surface area contributed by atoms with E-state index in [9.17, 15) is 23.2 Å². The minimum atomic E-state index is -4.84. The van der Waals surface area contributed by atoms with Crippen molar-refractivity contribution < 1.29 is 22.4 Å². The number of aromatic amines is 1. The maximum Gasteiger partial charge on any atom is 0.435 e. The summed E-state index contributed by atoms with van der Waals surface area (Å²) in [5.74, 6) is -1.23. The SMILES string of the molecule is CN1Cc2nn(C)c(C#N)c2-c2cnc3[nH]c(F)c(c3c2)-c2cn(nc2C(F)(F)F)CCCC1=O. The van der Waals surface area contributed by atoms with E-state index >= 15 is 4.39 Å². The molecule has 0 spiro atoms. The van der Waals surface area contributed by atoms with Crippen molar-refractivity contribution in [3.63, 3.8) is 0 Å². The van der Waals surface area contributed by atoms with Crippen LogP contribution in [0.1, 0.15) is 29.9 Å². The summed E-state index contributed by atoms with van der Waals surface area (Å²) in [6.07, 6.45) is -2.05. The van der Waals surface area contributed by atoms with Crippen molar-refractivity contribution in [3.8, 4) is 28.3 Å². The molecule has 4 bridgehead atoms. The third-order valence-corrected chi connectivity index (χ3v) is 6.01. The highest BCUT2D eigenvalue weighted by atomic mass is 19.4. The lowest BCUT2D eigenvalue weighted by Crippen LogP contribution is -2.26. The number of halogens is 4. The van der Waals surface area contributed by atoms with Gasteiger partial charge in [-0.05, 0) is 12.5 Å². The van der Waals surface area contributed by atoms with Gasteiger partial charge in [-0.2, -0.15) is 33.0 Å². The molecule has 0 saturated heterocycles. The van der Waals surface area contributed by atoms with Crippen LogP contribution in [-0.2, 0) is 31.1 Å². The number of rotatable bonds is 0. The number of aryl methyl sites for hydroxylation is 2. The van der Waals surface area contributed by atoms with Crippen LogP contribution in [0.15, 0.2) is 18.5 Å². The van der Waals surface area contributed by atoms with Crippen LogP contribution < -0.4 is 0 Å².